The number of ether oxygens (including phenoxy) is 2. The van der Waals surface area contributed by atoms with Crippen molar-refractivity contribution in [1.29, 1.82) is 0 Å². The van der Waals surface area contributed by atoms with Gasteiger partial charge in [0.25, 0.3) is 0 Å². The number of allylic oxidation sites excluding steroid dienone is 2. The van der Waals surface area contributed by atoms with Crippen LogP contribution in [0.2, 0.25) is 0 Å². The van der Waals surface area contributed by atoms with E-state index in [2.05, 4.69) is 26.0 Å². The van der Waals surface area contributed by atoms with Crippen LogP contribution in [-0.2, 0) is 19.1 Å². The van der Waals surface area contributed by atoms with Gasteiger partial charge in [-0.15, -0.1) is 0 Å². The predicted molar refractivity (Wildman–Crippen MR) is 173 cm³/mol. The van der Waals surface area contributed by atoms with Crippen LogP contribution < -0.4 is 0 Å². The first-order chi connectivity index (χ1) is 20.1. The average Bonchev–Trinajstić information content (AvgIpc) is 2.97. The second kappa shape index (κ2) is 33.1. The van der Waals surface area contributed by atoms with Gasteiger partial charge in [0, 0.05) is 12.8 Å². The van der Waals surface area contributed by atoms with Gasteiger partial charge in [-0.2, -0.15) is 0 Å². The van der Waals surface area contributed by atoms with Crippen LogP contribution in [0.3, 0.4) is 0 Å². The average molecular weight is 581 g/mol. The molecule has 0 radical (unpaired) electrons. The van der Waals surface area contributed by atoms with E-state index in [-0.39, 0.29) is 25.2 Å². The van der Waals surface area contributed by atoms with E-state index in [1.165, 1.54) is 116 Å². The number of carbonyl (C=O) groups excluding carboxylic acids is 2. The summed E-state index contributed by atoms with van der Waals surface area (Å²) in [6.45, 7) is 4.11. The van der Waals surface area contributed by atoms with Crippen LogP contribution in [-0.4, -0.2) is 36.4 Å². The Balaban J connectivity index is 3.55. The maximum atomic E-state index is 12.1. The number of rotatable bonds is 32. The molecule has 41 heavy (non-hydrogen) atoms. The molecular weight excluding hydrogens is 512 g/mol. The van der Waals surface area contributed by atoms with E-state index in [0.717, 1.165) is 44.9 Å². The van der Waals surface area contributed by atoms with Crippen LogP contribution in [0.4, 0.5) is 0 Å². The molecular formula is C36H68O5. The fourth-order valence-corrected chi connectivity index (χ4v) is 5.08. The summed E-state index contributed by atoms with van der Waals surface area (Å²) in [6.07, 6.45) is 35.5. The largest absolute Gasteiger partial charge is 0.462 e. The number of aliphatic hydroxyl groups excluding tert-OH is 1. The van der Waals surface area contributed by atoms with Gasteiger partial charge in [0.2, 0.25) is 0 Å². The van der Waals surface area contributed by atoms with Crippen LogP contribution in [0.15, 0.2) is 12.2 Å². The summed E-state index contributed by atoms with van der Waals surface area (Å²) in [5.41, 5.74) is 0. The Morgan fingerprint density at radius 2 is 0.902 bits per heavy atom. The molecule has 0 rings (SSSR count). The molecule has 242 valence electrons. The fourth-order valence-electron chi connectivity index (χ4n) is 5.08. The van der Waals surface area contributed by atoms with Crippen molar-refractivity contribution in [2.75, 3.05) is 13.2 Å². The third-order valence-corrected chi connectivity index (χ3v) is 7.81. The molecule has 0 saturated heterocycles. The Morgan fingerprint density at radius 1 is 0.537 bits per heavy atom. The lowest BCUT2D eigenvalue weighted by molar-refractivity contribution is -0.161. The highest BCUT2D eigenvalue weighted by Gasteiger charge is 2.16. The van der Waals surface area contributed by atoms with Crippen LogP contribution in [0.25, 0.3) is 0 Å². The lowest BCUT2D eigenvalue weighted by Crippen LogP contribution is -2.28. The summed E-state index contributed by atoms with van der Waals surface area (Å²) in [6, 6.07) is 0. The molecule has 0 aromatic carbocycles. The van der Waals surface area contributed by atoms with Crippen molar-refractivity contribution in [3.05, 3.63) is 12.2 Å². The summed E-state index contributed by atoms with van der Waals surface area (Å²) in [5, 5.41) is 9.51. The van der Waals surface area contributed by atoms with Crippen LogP contribution in [0, 0.1) is 0 Å². The van der Waals surface area contributed by atoms with Crippen molar-refractivity contribution in [2.45, 2.75) is 193 Å². The van der Waals surface area contributed by atoms with Gasteiger partial charge in [0.1, 0.15) is 6.61 Å². The highest BCUT2D eigenvalue weighted by molar-refractivity contribution is 5.70. The number of hydrogen-bond acceptors (Lipinski definition) is 5. The van der Waals surface area contributed by atoms with E-state index in [1.54, 1.807) is 0 Å². The lowest BCUT2D eigenvalue weighted by atomic mass is 10.0. The SMILES string of the molecule is CCCCCC/C=C/CCCCCCCC(=O)O[C@@H](CO)COC(=O)CCCCCCCCCCCCCCCC. The van der Waals surface area contributed by atoms with Gasteiger partial charge in [-0.1, -0.05) is 148 Å². The minimum Gasteiger partial charge on any atom is -0.462 e. The molecule has 0 heterocycles. The van der Waals surface area contributed by atoms with E-state index in [9.17, 15) is 14.7 Å². The normalized spacial score (nSPS) is 12.2. The van der Waals surface area contributed by atoms with Gasteiger partial charge in [-0.05, 0) is 38.5 Å². The minimum atomic E-state index is -0.767. The summed E-state index contributed by atoms with van der Waals surface area (Å²) in [5.74, 6) is -0.595. The van der Waals surface area contributed by atoms with Gasteiger partial charge < -0.3 is 14.6 Å². The van der Waals surface area contributed by atoms with Gasteiger partial charge in [0.15, 0.2) is 6.10 Å². The summed E-state index contributed by atoms with van der Waals surface area (Å²) in [4.78, 5) is 24.1. The first-order valence-corrected chi connectivity index (χ1v) is 17.7. The maximum absolute atomic E-state index is 12.1. The molecule has 0 unspecified atom stereocenters. The van der Waals surface area contributed by atoms with E-state index in [4.69, 9.17) is 9.47 Å². The Morgan fingerprint density at radius 3 is 1.34 bits per heavy atom. The Kier molecular flexibility index (Phi) is 32.0. The van der Waals surface area contributed by atoms with Crippen LogP contribution in [0.1, 0.15) is 187 Å². The van der Waals surface area contributed by atoms with Gasteiger partial charge >= 0.3 is 11.9 Å². The molecule has 0 aromatic rings. The molecule has 1 N–H and O–H groups in total. The fraction of sp³-hybridized carbons (Fsp3) is 0.889. The molecule has 1 atom stereocenters. The number of unbranched alkanes of at least 4 members (excludes halogenated alkanes) is 22. The first kappa shape index (κ1) is 39.6. The Bertz CT molecular complexity index is 589. The first-order valence-electron chi connectivity index (χ1n) is 17.7. The molecule has 0 fully saturated rings. The minimum absolute atomic E-state index is 0.0637. The number of carbonyl (C=O) groups is 2. The van der Waals surface area contributed by atoms with Crippen LogP contribution in [0.5, 0.6) is 0 Å². The molecule has 0 bridgehead atoms. The molecule has 0 amide bonds. The van der Waals surface area contributed by atoms with Crippen molar-refractivity contribution >= 4 is 11.9 Å². The molecule has 0 aliphatic rings. The van der Waals surface area contributed by atoms with E-state index < -0.39 is 6.10 Å². The van der Waals surface area contributed by atoms with E-state index in [0.29, 0.717) is 12.8 Å². The van der Waals surface area contributed by atoms with Gasteiger partial charge in [-0.3, -0.25) is 9.59 Å². The number of esters is 2. The molecule has 5 nitrogen and oxygen atoms in total. The second-order valence-electron chi connectivity index (χ2n) is 12.0. The lowest BCUT2D eigenvalue weighted by Gasteiger charge is -2.15. The number of aliphatic hydroxyl groups is 1. The third-order valence-electron chi connectivity index (χ3n) is 7.81. The third kappa shape index (κ3) is 31.4. The maximum Gasteiger partial charge on any atom is 0.306 e. The quantitative estimate of drug-likeness (QED) is 0.0487. The summed E-state index contributed by atoms with van der Waals surface area (Å²) < 4.78 is 10.6. The van der Waals surface area contributed by atoms with Crippen molar-refractivity contribution in [3.63, 3.8) is 0 Å². The van der Waals surface area contributed by atoms with Crippen molar-refractivity contribution in [1.82, 2.24) is 0 Å². The zero-order valence-corrected chi connectivity index (χ0v) is 27.3. The highest BCUT2D eigenvalue weighted by atomic mass is 16.6. The van der Waals surface area contributed by atoms with E-state index >= 15 is 0 Å². The van der Waals surface area contributed by atoms with Gasteiger partial charge in [0.05, 0.1) is 6.61 Å². The van der Waals surface area contributed by atoms with Crippen molar-refractivity contribution in [2.24, 2.45) is 0 Å². The zero-order valence-electron chi connectivity index (χ0n) is 27.3. The molecule has 0 aliphatic carbocycles. The Labute approximate surface area is 254 Å². The van der Waals surface area contributed by atoms with E-state index in [1.807, 2.05) is 0 Å². The predicted octanol–water partition coefficient (Wildman–Crippen LogP) is 10.6. The van der Waals surface area contributed by atoms with Crippen molar-refractivity contribution in [3.8, 4) is 0 Å². The molecule has 0 spiro atoms. The highest BCUT2D eigenvalue weighted by Crippen LogP contribution is 2.14. The molecule has 5 heteroatoms. The summed E-state index contributed by atoms with van der Waals surface area (Å²) in [7, 11) is 0. The second-order valence-corrected chi connectivity index (χ2v) is 12.0. The zero-order chi connectivity index (χ0) is 30.1. The Hall–Kier alpha value is -1.36. The smallest absolute Gasteiger partial charge is 0.306 e. The van der Waals surface area contributed by atoms with Crippen molar-refractivity contribution < 1.29 is 24.2 Å². The monoisotopic (exact) mass is 581 g/mol. The molecule has 0 aliphatic heterocycles. The van der Waals surface area contributed by atoms with Crippen LogP contribution >= 0.6 is 0 Å². The molecule has 0 aromatic heterocycles. The number of hydrogen-bond donors (Lipinski definition) is 1. The summed E-state index contributed by atoms with van der Waals surface area (Å²) >= 11 is 0. The van der Waals surface area contributed by atoms with Gasteiger partial charge in [-0.25, -0.2) is 0 Å². The standard InChI is InChI=1S/C36H68O5/c1-3-5-7-9-11-13-15-17-19-20-22-24-26-28-30-35(38)40-33-34(32-37)41-36(39)31-29-27-25-23-21-18-16-14-12-10-8-6-4-2/h14,16,34,37H,3-13,15,17-33H2,1-2H3/b16-14+/t34-/m0/s1. The topological polar surface area (TPSA) is 72.8 Å². The molecule has 0 saturated carbocycles.